The zero-order valence-corrected chi connectivity index (χ0v) is 9.53. The van der Waals surface area contributed by atoms with Crippen LogP contribution in [0.4, 0.5) is 0 Å². The lowest BCUT2D eigenvalue weighted by molar-refractivity contribution is -0.124. The lowest BCUT2D eigenvalue weighted by atomic mass is 9.72. The van der Waals surface area contributed by atoms with Crippen LogP contribution in [0.15, 0.2) is 36.0 Å². The summed E-state index contributed by atoms with van der Waals surface area (Å²) in [5.41, 5.74) is 0.855. The minimum atomic E-state index is -0.0880. The van der Waals surface area contributed by atoms with Gasteiger partial charge in [-0.25, -0.2) is 0 Å². The number of hydrogen-bond donors (Lipinski definition) is 0. The van der Waals surface area contributed by atoms with Gasteiger partial charge in [-0.1, -0.05) is 30.4 Å². The number of likely N-dealkylation sites (N-methyl/N-ethyl adjacent to an activating group) is 1. The van der Waals surface area contributed by atoms with Gasteiger partial charge in [0.05, 0.1) is 0 Å². The van der Waals surface area contributed by atoms with Gasteiger partial charge < -0.3 is 4.90 Å². The van der Waals surface area contributed by atoms with E-state index in [1.165, 1.54) is 0 Å². The van der Waals surface area contributed by atoms with Gasteiger partial charge in [-0.05, 0) is 20.3 Å². The molecule has 0 radical (unpaired) electrons. The molecule has 1 fully saturated rings. The normalized spacial score (nSPS) is 37.3. The molecule has 2 rings (SSSR count). The standard InChI is InChI=1S/C13H17NO/c1-4-11-12(15)14(3)10(2)13(11)8-6-5-7-9-13/h4-8,10H,9H2,1-3H3/b11-4-/t10-,13?/m0/s1. The topological polar surface area (TPSA) is 20.3 Å². The van der Waals surface area contributed by atoms with Crippen LogP contribution in [0.2, 0.25) is 0 Å². The molecule has 80 valence electrons. The quantitative estimate of drug-likeness (QED) is 0.553. The Bertz CT molecular complexity index is 378. The van der Waals surface area contributed by atoms with E-state index in [-0.39, 0.29) is 17.4 Å². The van der Waals surface area contributed by atoms with E-state index in [0.29, 0.717) is 0 Å². The summed E-state index contributed by atoms with van der Waals surface area (Å²) < 4.78 is 0. The predicted molar refractivity (Wildman–Crippen MR) is 61.3 cm³/mol. The molecule has 2 heteroatoms. The number of allylic oxidation sites excluding steroid dienone is 4. The van der Waals surface area contributed by atoms with Gasteiger partial charge in [-0.3, -0.25) is 4.79 Å². The van der Waals surface area contributed by atoms with Crippen LogP contribution in [0.1, 0.15) is 20.3 Å². The number of carbonyl (C=O) groups is 1. The SMILES string of the molecule is C/C=C1/C(=O)N(C)[C@@H](C)C12C=CC=CC2. The van der Waals surface area contributed by atoms with Gasteiger partial charge in [-0.2, -0.15) is 0 Å². The molecular weight excluding hydrogens is 186 g/mol. The lowest BCUT2D eigenvalue weighted by Crippen LogP contribution is -2.35. The average Bonchev–Trinajstić information content (AvgIpc) is 2.43. The third-order valence-corrected chi connectivity index (χ3v) is 3.76. The number of amides is 1. The van der Waals surface area contributed by atoms with Crippen molar-refractivity contribution in [2.75, 3.05) is 7.05 Å². The van der Waals surface area contributed by atoms with Gasteiger partial charge in [0.2, 0.25) is 5.91 Å². The summed E-state index contributed by atoms with van der Waals surface area (Å²) in [6.45, 7) is 4.07. The first kappa shape index (κ1) is 10.2. The third kappa shape index (κ3) is 1.21. The van der Waals surface area contributed by atoms with Crippen molar-refractivity contribution < 1.29 is 4.79 Å². The lowest BCUT2D eigenvalue weighted by Gasteiger charge is -2.32. The van der Waals surface area contributed by atoms with Crippen LogP contribution in [0.3, 0.4) is 0 Å². The highest BCUT2D eigenvalue weighted by Crippen LogP contribution is 2.46. The van der Waals surface area contributed by atoms with Crippen LogP contribution < -0.4 is 0 Å². The summed E-state index contributed by atoms with van der Waals surface area (Å²) in [7, 11) is 1.89. The molecule has 0 aromatic carbocycles. The molecule has 2 atom stereocenters. The van der Waals surface area contributed by atoms with E-state index in [2.05, 4.69) is 25.2 Å². The van der Waals surface area contributed by atoms with Crippen LogP contribution in [0.5, 0.6) is 0 Å². The minimum absolute atomic E-state index is 0.0880. The number of rotatable bonds is 0. The molecule has 2 nitrogen and oxygen atoms in total. The second-order valence-electron chi connectivity index (χ2n) is 4.33. The number of likely N-dealkylation sites (tertiary alicyclic amines) is 1. The molecule has 0 aromatic rings. The Balaban J connectivity index is 2.51. The summed E-state index contributed by atoms with van der Waals surface area (Å²) >= 11 is 0. The molecule has 0 N–H and O–H groups in total. The van der Waals surface area contributed by atoms with E-state index in [1.807, 2.05) is 31.0 Å². The molecule has 15 heavy (non-hydrogen) atoms. The van der Waals surface area contributed by atoms with Gasteiger partial charge in [0.1, 0.15) is 0 Å². The fourth-order valence-corrected chi connectivity index (χ4v) is 2.67. The highest BCUT2D eigenvalue weighted by atomic mass is 16.2. The fraction of sp³-hybridized carbons (Fsp3) is 0.462. The van der Waals surface area contributed by atoms with Crippen LogP contribution in [0.25, 0.3) is 0 Å². The Labute approximate surface area is 91.0 Å². The predicted octanol–water partition coefficient (Wildman–Crippen LogP) is 2.30. The maximum Gasteiger partial charge on any atom is 0.250 e. The van der Waals surface area contributed by atoms with Gasteiger partial charge >= 0.3 is 0 Å². The highest BCUT2D eigenvalue weighted by Gasteiger charge is 2.49. The fourth-order valence-electron chi connectivity index (χ4n) is 2.67. The van der Waals surface area contributed by atoms with Gasteiger partial charge in [0.25, 0.3) is 0 Å². The average molecular weight is 203 g/mol. The summed E-state index contributed by atoms with van der Waals surface area (Å²) in [4.78, 5) is 13.9. The van der Waals surface area contributed by atoms with E-state index < -0.39 is 0 Å². The van der Waals surface area contributed by atoms with Crippen molar-refractivity contribution in [2.45, 2.75) is 26.3 Å². The van der Waals surface area contributed by atoms with Crippen LogP contribution in [-0.2, 0) is 4.79 Å². The van der Waals surface area contributed by atoms with E-state index in [0.717, 1.165) is 12.0 Å². The largest absolute Gasteiger partial charge is 0.338 e. The van der Waals surface area contributed by atoms with Crippen molar-refractivity contribution in [3.8, 4) is 0 Å². The summed E-state index contributed by atoms with van der Waals surface area (Å²) in [6, 6.07) is 0.248. The number of nitrogens with zero attached hydrogens (tertiary/aromatic N) is 1. The Hall–Kier alpha value is -1.31. The molecule has 1 saturated heterocycles. The molecule has 0 aromatic heterocycles. The van der Waals surface area contributed by atoms with Crippen LogP contribution in [0, 0.1) is 5.41 Å². The molecule has 1 heterocycles. The number of hydrogen-bond acceptors (Lipinski definition) is 1. The molecule has 1 aliphatic carbocycles. The molecule has 0 bridgehead atoms. The van der Waals surface area contributed by atoms with E-state index in [1.54, 1.807) is 0 Å². The van der Waals surface area contributed by atoms with Crippen molar-refractivity contribution in [3.05, 3.63) is 36.0 Å². The van der Waals surface area contributed by atoms with Crippen molar-refractivity contribution in [2.24, 2.45) is 5.41 Å². The first-order valence-electron chi connectivity index (χ1n) is 5.42. The smallest absolute Gasteiger partial charge is 0.250 e. The van der Waals surface area contributed by atoms with E-state index >= 15 is 0 Å². The van der Waals surface area contributed by atoms with Crippen molar-refractivity contribution in [3.63, 3.8) is 0 Å². The van der Waals surface area contributed by atoms with Gasteiger partial charge in [-0.15, -0.1) is 0 Å². The van der Waals surface area contributed by atoms with E-state index in [4.69, 9.17) is 0 Å². The number of carbonyl (C=O) groups excluding carboxylic acids is 1. The van der Waals surface area contributed by atoms with Crippen molar-refractivity contribution >= 4 is 5.91 Å². The second-order valence-corrected chi connectivity index (χ2v) is 4.33. The first-order valence-corrected chi connectivity index (χ1v) is 5.42. The third-order valence-electron chi connectivity index (χ3n) is 3.76. The molecule has 1 amide bonds. The van der Waals surface area contributed by atoms with Crippen LogP contribution >= 0.6 is 0 Å². The zero-order valence-electron chi connectivity index (χ0n) is 9.53. The summed E-state index contributed by atoms with van der Waals surface area (Å²) in [6.07, 6.45) is 11.3. The Morgan fingerprint density at radius 1 is 1.53 bits per heavy atom. The maximum atomic E-state index is 12.0. The summed E-state index contributed by atoms with van der Waals surface area (Å²) in [5.74, 6) is 0.171. The first-order chi connectivity index (χ1) is 7.13. The molecule has 1 unspecified atom stereocenters. The van der Waals surface area contributed by atoms with E-state index in [9.17, 15) is 4.79 Å². The zero-order chi connectivity index (χ0) is 11.1. The Morgan fingerprint density at radius 3 is 2.80 bits per heavy atom. The second kappa shape index (κ2) is 3.37. The summed E-state index contributed by atoms with van der Waals surface area (Å²) in [5, 5.41) is 0. The van der Waals surface area contributed by atoms with Crippen molar-refractivity contribution in [1.82, 2.24) is 4.90 Å². The van der Waals surface area contributed by atoms with Crippen molar-refractivity contribution in [1.29, 1.82) is 0 Å². The van der Waals surface area contributed by atoms with Crippen LogP contribution in [-0.4, -0.2) is 23.9 Å². The monoisotopic (exact) mass is 203 g/mol. The maximum absolute atomic E-state index is 12.0. The van der Waals surface area contributed by atoms with Gasteiger partial charge in [0.15, 0.2) is 0 Å². The molecular formula is C13H17NO. The highest BCUT2D eigenvalue weighted by molar-refractivity contribution is 5.98. The molecule has 1 aliphatic heterocycles. The van der Waals surface area contributed by atoms with Gasteiger partial charge in [0, 0.05) is 24.1 Å². The molecule has 0 saturated carbocycles. The molecule has 1 spiro atoms. The minimum Gasteiger partial charge on any atom is -0.338 e. The Kier molecular flexibility index (Phi) is 2.29. The molecule has 2 aliphatic rings. The Morgan fingerprint density at radius 2 is 2.27 bits per heavy atom.